The summed E-state index contributed by atoms with van der Waals surface area (Å²) in [5, 5.41) is 0. The van der Waals surface area contributed by atoms with Crippen molar-refractivity contribution in [3.8, 4) is 0 Å². The lowest BCUT2D eigenvalue weighted by molar-refractivity contribution is -0.139. The van der Waals surface area contributed by atoms with Crippen LogP contribution < -0.4 is 0 Å². The van der Waals surface area contributed by atoms with Gasteiger partial charge in [-0.15, -0.1) is 0 Å². The first kappa shape index (κ1) is 14.1. The minimum atomic E-state index is -1.51. The maximum Gasteiger partial charge on any atom is 0.334 e. The number of fused-ring (bicyclic) bond motifs is 2. The van der Waals surface area contributed by atoms with Crippen LogP contribution in [-0.2, 0) is 19.1 Å². The van der Waals surface area contributed by atoms with Gasteiger partial charge in [0, 0.05) is 19.9 Å². The van der Waals surface area contributed by atoms with Crippen LogP contribution in [0.5, 0.6) is 0 Å². The van der Waals surface area contributed by atoms with Crippen LogP contribution in [-0.4, -0.2) is 34.2 Å². The lowest BCUT2D eigenvalue weighted by Gasteiger charge is -2.30. The molecule has 0 aliphatic heterocycles. The van der Waals surface area contributed by atoms with E-state index < -0.39 is 20.0 Å². The van der Waals surface area contributed by atoms with Gasteiger partial charge in [-0.2, -0.15) is 0 Å². The number of allylic oxidation sites excluding steroid dienone is 2. The van der Waals surface area contributed by atoms with Gasteiger partial charge in [-0.25, -0.2) is 9.59 Å². The fraction of sp³-hybridized carbons (Fsp3) is 0.571. The van der Waals surface area contributed by atoms with E-state index in [0.717, 1.165) is 0 Å². The number of esters is 2. The number of carbonyl (C=O) groups is 2. The zero-order chi connectivity index (χ0) is 14.4. The molecule has 2 aliphatic rings. The Bertz CT molecular complexity index is 448. The molecule has 0 aromatic heterocycles. The molecular formula is C14H20O4Si. The number of hydrogen-bond acceptors (Lipinski definition) is 4. The van der Waals surface area contributed by atoms with Crippen molar-refractivity contribution >= 4 is 20.0 Å². The third-order valence-electron chi connectivity index (χ3n) is 4.07. The van der Waals surface area contributed by atoms with E-state index in [4.69, 9.17) is 9.47 Å². The molecule has 0 saturated heterocycles. The zero-order valence-corrected chi connectivity index (χ0v) is 13.0. The molecule has 0 amide bonds. The van der Waals surface area contributed by atoms with Gasteiger partial charge in [0.25, 0.3) is 0 Å². The second-order valence-corrected chi connectivity index (χ2v) is 11.5. The van der Waals surface area contributed by atoms with E-state index in [1.54, 1.807) is 0 Å². The zero-order valence-electron chi connectivity index (χ0n) is 12.0. The van der Waals surface area contributed by atoms with E-state index in [-0.39, 0.29) is 11.8 Å². The molecule has 3 atom stereocenters. The van der Waals surface area contributed by atoms with Gasteiger partial charge in [0.1, 0.15) is 0 Å². The van der Waals surface area contributed by atoms with Gasteiger partial charge in [0.15, 0.2) is 0 Å². The van der Waals surface area contributed by atoms with Crippen molar-refractivity contribution < 1.29 is 19.1 Å². The van der Waals surface area contributed by atoms with Crippen LogP contribution in [0.2, 0.25) is 25.2 Å². The Labute approximate surface area is 114 Å². The summed E-state index contributed by atoms with van der Waals surface area (Å²) < 4.78 is 9.70. The highest BCUT2D eigenvalue weighted by atomic mass is 28.3. The molecule has 0 aromatic rings. The molecule has 1 unspecified atom stereocenters. The number of carbonyl (C=O) groups excluding carboxylic acids is 2. The Morgan fingerprint density at radius 3 is 1.58 bits per heavy atom. The van der Waals surface area contributed by atoms with Gasteiger partial charge in [-0.3, -0.25) is 0 Å². The van der Waals surface area contributed by atoms with Crippen LogP contribution in [0.4, 0.5) is 0 Å². The normalized spacial score (nSPS) is 28.8. The number of rotatable bonds is 3. The average Bonchev–Trinajstić information content (AvgIpc) is 2.91. The van der Waals surface area contributed by atoms with Gasteiger partial charge in [0.05, 0.1) is 25.4 Å². The first-order chi connectivity index (χ1) is 8.82. The number of ether oxygens (including phenoxy) is 2. The van der Waals surface area contributed by atoms with Crippen LogP contribution in [0.25, 0.3) is 0 Å². The first-order valence-electron chi connectivity index (χ1n) is 6.42. The Kier molecular flexibility index (Phi) is 3.43. The molecule has 0 N–H and O–H groups in total. The lowest BCUT2D eigenvalue weighted by Crippen LogP contribution is -2.33. The van der Waals surface area contributed by atoms with Crippen LogP contribution in [0.3, 0.4) is 0 Å². The summed E-state index contributed by atoms with van der Waals surface area (Å²) in [4.78, 5) is 24.0. The summed E-state index contributed by atoms with van der Waals surface area (Å²) in [6, 6.07) is 0. The lowest BCUT2D eigenvalue weighted by atomic mass is 9.97. The second kappa shape index (κ2) is 4.63. The predicted octanol–water partition coefficient (Wildman–Crippen LogP) is 2.15. The molecular weight excluding hydrogens is 260 g/mol. The molecule has 4 nitrogen and oxygen atoms in total. The molecule has 2 bridgehead atoms. The van der Waals surface area contributed by atoms with Crippen molar-refractivity contribution in [2.24, 2.45) is 11.8 Å². The Hall–Kier alpha value is -1.36. The van der Waals surface area contributed by atoms with Crippen LogP contribution >= 0.6 is 0 Å². The van der Waals surface area contributed by atoms with Gasteiger partial charge in [0.2, 0.25) is 0 Å². The second-order valence-electron chi connectivity index (χ2n) is 6.14. The Morgan fingerprint density at radius 1 is 0.947 bits per heavy atom. The summed E-state index contributed by atoms with van der Waals surface area (Å²) in [5.74, 6) is -0.780. The van der Waals surface area contributed by atoms with E-state index in [9.17, 15) is 9.59 Å². The quantitative estimate of drug-likeness (QED) is 0.451. The fourth-order valence-electron chi connectivity index (χ4n) is 3.40. The van der Waals surface area contributed by atoms with Crippen molar-refractivity contribution in [3.05, 3.63) is 23.3 Å². The molecule has 0 fully saturated rings. The van der Waals surface area contributed by atoms with Crippen molar-refractivity contribution in [2.75, 3.05) is 14.2 Å². The Morgan fingerprint density at radius 2 is 1.32 bits per heavy atom. The van der Waals surface area contributed by atoms with Crippen molar-refractivity contribution in [1.29, 1.82) is 0 Å². The standard InChI is InChI=1S/C14H20O4Si/c1-17-13(15)10-8-6-7-9(11(10)14(16)18-2)12(8)19(3,4)5/h6-9,12H,1-5H3/t8-,9+,12?. The summed E-state index contributed by atoms with van der Waals surface area (Å²) in [5.41, 5.74) is 1.36. The summed E-state index contributed by atoms with van der Waals surface area (Å²) in [7, 11) is 1.19. The molecule has 0 saturated carbocycles. The maximum absolute atomic E-state index is 12.0. The number of hydrogen-bond donors (Lipinski definition) is 0. The molecule has 0 spiro atoms. The minimum Gasteiger partial charge on any atom is -0.466 e. The van der Waals surface area contributed by atoms with Crippen molar-refractivity contribution in [3.63, 3.8) is 0 Å². The third kappa shape index (κ3) is 2.06. The van der Waals surface area contributed by atoms with Gasteiger partial charge >= 0.3 is 11.9 Å². The van der Waals surface area contributed by atoms with Crippen molar-refractivity contribution in [1.82, 2.24) is 0 Å². The van der Waals surface area contributed by atoms with Crippen LogP contribution in [0.15, 0.2) is 23.3 Å². The molecule has 0 radical (unpaired) electrons. The summed E-state index contributed by atoms with van der Waals surface area (Å²) in [6.45, 7) is 6.79. The molecule has 2 rings (SSSR count). The predicted molar refractivity (Wildman–Crippen MR) is 74.3 cm³/mol. The molecule has 0 heterocycles. The molecule has 104 valence electrons. The molecule has 19 heavy (non-hydrogen) atoms. The molecule has 0 aromatic carbocycles. The Balaban J connectivity index is 2.49. The first-order valence-corrected chi connectivity index (χ1v) is 9.99. The van der Waals surface area contributed by atoms with E-state index in [1.807, 2.05) is 12.2 Å². The molecule has 5 heteroatoms. The maximum atomic E-state index is 12.0. The minimum absolute atomic E-state index is 0.0122. The van der Waals surface area contributed by atoms with Gasteiger partial charge in [-0.05, 0) is 5.54 Å². The third-order valence-corrected chi connectivity index (χ3v) is 6.79. The highest BCUT2D eigenvalue weighted by Gasteiger charge is 2.54. The van der Waals surface area contributed by atoms with E-state index in [1.165, 1.54) is 14.2 Å². The van der Waals surface area contributed by atoms with E-state index in [0.29, 0.717) is 16.7 Å². The van der Waals surface area contributed by atoms with Crippen LogP contribution in [0, 0.1) is 11.8 Å². The van der Waals surface area contributed by atoms with Crippen LogP contribution in [0.1, 0.15) is 0 Å². The van der Waals surface area contributed by atoms with E-state index in [2.05, 4.69) is 19.6 Å². The number of methoxy groups -OCH3 is 2. The average molecular weight is 280 g/mol. The SMILES string of the molecule is COC(=O)C1=C(C(=O)OC)[C@@H]2C=C[C@H]1C2[Si](C)(C)C. The highest BCUT2D eigenvalue weighted by Crippen LogP contribution is 2.56. The smallest absolute Gasteiger partial charge is 0.334 e. The van der Waals surface area contributed by atoms with Gasteiger partial charge in [-0.1, -0.05) is 31.8 Å². The molecule has 2 aliphatic carbocycles. The monoisotopic (exact) mass is 280 g/mol. The summed E-state index contributed by atoms with van der Waals surface area (Å²) >= 11 is 0. The highest BCUT2D eigenvalue weighted by molar-refractivity contribution is 6.78. The largest absolute Gasteiger partial charge is 0.466 e. The van der Waals surface area contributed by atoms with Gasteiger partial charge < -0.3 is 9.47 Å². The topological polar surface area (TPSA) is 52.6 Å². The van der Waals surface area contributed by atoms with E-state index >= 15 is 0 Å². The van der Waals surface area contributed by atoms with Crippen molar-refractivity contribution in [2.45, 2.75) is 25.2 Å². The fourth-order valence-corrected chi connectivity index (χ4v) is 6.11. The summed E-state index contributed by atoms with van der Waals surface area (Å²) in [6.07, 6.45) is 4.10.